The number of aromatic nitrogens is 2. The lowest BCUT2D eigenvalue weighted by Crippen LogP contribution is -2.62. The van der Waals surface area contributed by atoms with Crippen molar-refractivity contribution in [1.29, 1.82) is 0 Å². The topological polar surface area (TPSA) is 19.6 Å². The largest absolute Gasteiger partial charge is 0.342 e. The van der Waals surface area contributed by atoms with Crippen molar-refractivity contribution in [2.45, 2.75) is 118 Å². The number of anilines is 8. The quantitative estimate of drug-likeness (QED) is 0.107. The molecule has 2 aromatic heterocycles. The number of fused-ring (bicyclic) bond motifs is 10. The molecule has 2 aliphatic heterocycles. The summed E-state index contributed by atoms with van der Waals surface area (Å²) in [5, 5.41) is 5.02. The Morgan fingerprint density at radius 2 is 0.798 bits per heavy atom. The van der Waals surface area contributed by atoms with Crippen molar-refractivity contribution in [2.24, 2.45) is 0 Å². The molecule has 0 unspecified atom stereocenters. The summed E-state index contributed by atoms with van der Waals surface area (Å²) in [6, 6.07) is 120. The van der Waals surface area contributed by atoms with Crippen LogP contribution in [0.1, 0.15) is 116 Å². The van der Waals surface area contributed by atoms with Gasteiger partial charge in [0, 0.05) is 96.9 Å². The predicted molar refractivity (Wildman–Crippen MR) is 468 cm³/mol. The van der Waals surface area contributed by atoms with Gasteiger partial charge >= 0.3 is 0 Å². The first-order valence-electron chi connectivity index (χ1n) is 39.1. The molecule has 0 spiro atoms. The minimum atomic E-state index is -0.243. The smallest absolute Gasteiger partial charge is 0.252 e. The Hall–Kier alpha value is -11.9. The lowest BCUT2D eigenvalue weighted by Gasteiger charge is -2.45. The van der Waals surface area contributed by atoms with Crippen LogP contribution in [0.15, 0.2) is 315 Å². The van der Waals surface area contributed by atoms with Crippen molar-refractivity contribution < 1.29 is 0 Å². The van der Waals surface area contributed by atoms with E-state index in [0.29, 0.717) is 6.54 Å². The van der Waals surface area contributed by atoms with Gasteiger partial charge in [0.1, 0.15) is 0 Å². The van der Waals surface area contributed by atoms with Crippen molar-refractivity contribution in [3.63, 3.8) is 0 Å². The molecule has 4 heterocycles. The number of para-hydroxylation sites is 3. The second-order valence-corrected chi connectivity index (χ2v) is 34.5. The monoisotopic (exact) mass is 1410 g/mol. The molecule has 6 heteroatoms. The van der Waals surface area contributed by atoms with Gasteiger partial charge in [0.05, 0.1) is 11.0 Å². The van der Waals surface area contributed by atoms with Crippen molar-refractivity contribution in [2.75, 3.05) is 21.2 Å². The van der Waals surface area contributed by atoms with Crippen LogP contribution in [0.3, 0.4) is 0 Å². The number of hydrogen-bond acceptors (Lipinski definition) is 3. The molecule has 109 heavy (non-hydrogen) atoms. The number of benzene rings is 14. The second kappa shape index (κ2) is 26.5. The molecule has 18 rings (SSSR count). The highest BCUT2D eigenvalue weighted by Crippen LogP contribution is 2.49. The molecule has 14 aromatic carbocycles. The van der Waals surface area contributed by atoms with E-state index < -0.39 is 0 Å². The maximum absolute atomic E-state index is 2.77. The molecule has 0 aliphatic carbocycles. The summed E-state index contributed by atoms with van der Waals surface area (Å²) in [4.78, 5) is 7.78. The first kappa shape index (κ1) is 68.9. The van der Waals surface area contributed by atoms with Crippen LogP contribution in [0.5, 0.6) is 0 Å². The molecule has 0 amide bonds. The molecule has 5 nitrogen and oxygen atoms in total. The summed E-state index contributed by atoms with van der Waals surface area (Å²) in [7, 11) is 0. The van der Waals surface area contributed by atoms with E-state index in [0.717, 1.165) is 58.1 Å². The van der Waals surface area contributed by atoms with Crippen molar-refractivity contribution in [3.05, 3.63) is 349 Å². The Morgan fingerprint density at radius 3 is 1.39 bits per heavy atom. The maximum Gasteiger partial charge on any atom is 0.252 e. The lowest BCUT2D eigenvalue weighted by atomic mass is 9.33. The summed E-state index contributed by atoms with van der Waals surface area (Å²) in [6.07, 6.45) is 0.778. The van der Waals surface area contributed by atoms with E-state index in [1.165, 1.54) is 133 Å². The third kappa shape index (κ3) is 12.3. The summed E-state index contributed by atoms with van der Waals surface area (Å²) in [5.74, 6) is 0. The summed E-state index contributed by atoms with van der Waals surface area (Å²) >= 11 is 0. The molecule has 2 aliphatic rings. The fourth-order valence-electron chi connectivity index (χ4n) is 17.5. The highest BCUT2D eigenvalue weighted by Gasteiger charge is 2.45. The predicted octanol–water partition coefficient (Wildman–Crippen LogP) is 25.6. The Labute approximate surface area is 644 Å². The molecule has 0 N–H and O–H groups in total. The van der Waals surface area contributed by atoms with E-state index in [9.17, 15) is 0 Å². The average Bonchev–Trinajstić information content (AvgIpc) is 1.13. The Morgan fingerprint density at radius 1 is 0.312 bits per heavy atom. The van der Waals surface area contributed by atoms with E-state index in [2.05, 4.69) is 422 Å². The molecule has 16 aromatic rings. The van der Waals surface area contributed by atoms with Gasteiger partial charge in [-0.25, -0.2) is 0 Å². The molecule has 534 valence electrons. The van der Waals surface area contributed by atoms with Gasteiger partial charge < -0.3 is 23.8 Å². The van der Waals surface area contributed by atoms with Crippen LogP contribution in [0.4, 0.5) is 45.5 Å². The van der Waals surface area contributed by atoms with Crippen LogP contribution < -0.4 is 31.1 Å². The van der Waals surface area contributed by atoms with E-state index >= 15 is 0 Å². The second-order valence-electron chi connectivity index (χ2n) is 34.5. The van der Waals surface area contributed by atoms with Gasteiger partial charge in [-0.1, -0.05) is 283 Å². The number of rotatable bonds is 13. The van der Waals surface area contributed by atoms with Gasteiger partial charge in [0.25, 0.3) is 6.71 Å². The maximum atomic E-state index is 2.77. The van der Waals surface area contributed by atoms with Gasteiger partial charge in [-0.3, -0.25) is 0 Å². The molecular weight excluding hydrogens is 1320 g/mol. The number of nitrogens with zero attached hydrogens (tertiary/aromatic N) is 5. The van der Waals surface area contributed by atoms with Crippen LogP contribution in [0, 0.1) is 0 Å². The van der Waals surface area contributed by atoms with Crippen molar-refractivity contribution >= 4 is 112 Å². The van der Waals surface area contributed by atoms with Crippen LogP contribution in [0.25, 0.3) is 82.7 Å². The Bertz CT molecular complexity index is 6010. The zero-order chi connectivity index (χ0) is 74.8. The standard InChI is InChI=1S/C103H94BN5/c1-100(2,3)73-46-52-91-86(59-73)87-60-74(101(4,5)6)47-53-92(87)106(91)67-68-45-50-89-95(57-68)105(56-55-82-84(70-33-20-14-21-34-70)61-75(102(7,8)9)62-85(82)71-35-22-15-23-36-71)97-63-76(103(10,11)12)64-98-99(97)104(89)90-51-48-81(66-96(90)109(98)79-42-30-37-72(58-79)69-31-18-13-19-32-69)108-93-44-29-28-43-83(93)88-65-80(49-54-94(88)108)107(77-38-24-16-25-39-77)78-40-26-17-27-41-78/h13-54,57-66H,55-56,67H2,1-12H3. The third-order valence-electron chi connectivity index (χ3n) is 23.3. The Balaban J connectivity index is 0.882. The van der Waals surface area contributed by atoms with Crippen molar-refractivity contribution in [1.82, 2.24) is 9.13 Å². The zero-order valence-corrected chi connectivity index (χ0v) is 65.0. The van der Waals surface area contributed by atoms with Crippen LogP contribution in [-0.4, -0.2) is 22.4 Å². The van der Waals surface area contributed by atoms with Crippen LogP contribution >= 0.6 is 0 Å². The summed E-state index contributed by atoms with van der Waals surface area (Å²) in [5.41, 5.74) is 34.1. The zero-order valence-electron chi connectivity index (χ0n) is 65.0. The minimum Gasteiger partial charge on any atom is -0.342 e. The highest BCUT2D eigenvalue weighted by atomic mass is 15.2. The molecule has 0 saturated carbocycles. The molecule has 0 bridgehead atoms. The molecule has 0 atom stereocenters. The molecule has 0 fully saturated rings. The van der Waals surface area contributed by atoms with Gasteiger partial charge in [-0.05, 0) is 226 Å². The average molecular weight is 1410 g/mol. The fraction of sp³-hybridized carbons (Fsp3) is 0.184. The highest BCUT2D eigenvalue weighted by molar-refractivity contribution is 7.00. The van der Waals surface area contributed by atoms with E-state index in [1.54, 1.807) is 0 Å². The Kier molecular flexibility index (Phi) is 16.8. The number of hydrogen-bond donors (Lipinski definition) is 0. The van der Waals surface area contributed by atoms with E-state index in [1.807, 2.05) is 0 Å². The van der Waals surface area contributed by atoms with Crippen LogP contribution in [-0.2, 0) is 34.6 Å². The van der Waals surface area contributed by atoms with Gasteiger partial charge in [-0.2, -0.15) is 0 Å². The van der Waals surface area contributed by atoms with Crippen LogP contribution in [0.2, 0.25) is 0 Å². The fourth-order valence-corrected chi connectivity index (χ4v) is 17.5. The first-order valence-corrected chi connectivity index (χ1v) is 39.1. The van der Waals surface area contributed by atoms with Gasteiger partial charge in [0.15, 0.2) is 0 Å². The third-order valence-corrected chi connectivity index (χ3v) is 23.3. The van der Waals surface area contributed by atoms with Crippen molar-refractivity contribution in [3.8, 4) is 39.1 Å². The molecular formula is C103H94BN5. The normalized spacial score (nSPS) is 13.0. The van der Waals surface area contributed by atoms with Gasteiger partial charge in [0.2, 0.25) is 0 Å². The first-order chi connectivity index (χ1) is 52.6. The lowest BCUT2D eigenvalue weighted by molar-refractivity contribution is 0.590. The molecule has 0 saturated heterocycles. The molecule has 0 radical (unpaired) electrons. The van der Waals surface area contributed by atoms with E-state index in [-0.39, 0.29) is 28.4 Å². The summed E-state index contributed by atoms with van der Waals surface area (Å²) < 4.78 is 5.12. The van der Waals surface area contributed by atoms with E-state index in [4.69, 9.17) is 0 Å². The van der Waals surface area contributed by atoms with Gasteiger partial charge in [-0.15, -0.1) is 0 Å². The SMILES string of the molecule is CC(C)(C)c1cc(-c2ccccc2)c(CCN2c3cc(Cn4c5ccc(C(C)(C)C)cc5c5cc(C(C)(C)C)ccc54)ccc3B3c4ccc(-n5c6ccccc6c6cc(N(c7ccccc7)c7ccccc7)ccc65)cc4N(c4cccc(-c5ccccc5)c4)c4cc(C(C)(C)C)cc2c43)c(-c2ccccc2)c1. The minimum absolute atomic E-state index is 0.0135. The summed E-state index contributed by atoms with van der Waals surface area (Å²) in [6.45, 7) is 29.6.